The van der Waals surface area contributed by atoms with Gasteiger partial charge in [-0.3, -0.25) is 19.2 Å². The molecule has 0 saturated heterocycles. The lowest BCUT2D eigenvalue weighted by Crippen LogP contribution is -2.05. The van der Waals surface area contributed by atoms with Crippen LogP contribution >= 0.6 is 11.6 Å². The Hall–Kier alpha value is -1.63. The largest absolute Gasteiger partial charge is 0.481 e. The van der Waals surface area contributed by atoms with Gasteiger partial charge in [-0.15, -0.1) is 11.6 Å². The minimum absolute atomic E-state index is 0.0308. The molecule has 0 fully saturated rings. The molecule has 0 unspecified atom stereocenters. The fraction of sp³-hybridized carbons (Fsp3) is 0.636. The Morgan fingerprint density at radius 1 is 0.895 bits per heavy atom. The van der Waals surface area contributed by atoms with E-state index in [1.165, 1.54) is 14.2 Å². The third-order valence-corrected chi connectivity index (χ3v) is 2.05. The van der Waals surface area contributed by atoms with Crippen LogP contribution in [0.4, 0.5) is 0 Å². The molecule has 110 valence electrons. The van der Waals surface area contributed by atoms with E-state index in [-0.39, 0.29) is 43.3 Å². The summed E-state index contributed by atoms with van der Waals surface area (Å²) in [5.74, 6) is -2.01. The number of aliphatic carboxylic acids is 1. The average Bonchev–Trinajstić information content (AvgIpc) is 2.41. The van der Waals surface area contributed by atoms with Gasteiger partial charge in [0.05, 0.1) is 39.4 Å². The molecule has 0 aromatic heterocycles. The molecule has 19 heavy (non-hydrogen) atoms. The molecule has 0 aliphatic rings. The zero-order valence-corrected chi connectivity index (χ0v) is 11.6. The summed E-state index contributed by atoms with van der Waals surface area (Å²) in [5.41, 5.74) is 0. The maximum atomic E-state index is 10.5. The van der Waals surface area contributed by atoms with Gasteiger partial charge in [0.25, 0.3) is 0 Å². The van der Waals surface area contributed by atoms with Crippen LogP contribution in [0.25, 0.3) is 0 Å². The van der Waals surface area contributed by atoms with Crippen molar-refractivity contribution in [3.8, 4) is 0 Å². The summed E-state index contributed by atoms with van der Waals surface area (Å²) in [5, 5.41) is 8.05. The molecule has 0 bridgehead atoms. The van der Waals surface area contributed by atoms with E-state index in [0.717, 1.165) is 0 Å². The highest BCUT2D eigenvalue weighted by Gasteiger charge is 2.04. The summed E-state index contributed by atoms with van der Waals surface area (Å²) in [6.07, 6.45) is 0.0940. The van der Waals surface area contributed by atoms with E-state index in [4.69, 9.17) is 16.7 Å². The number of methoxy groups -OCH3 is 2. The summed E-state index contributed by atoms with van der Waals surface area (Å²) < 4.78 is 8.51. The maximum absolute atomic E-state index is 10.5. The van der Waals surface area contributed by atoms with Crippen molar-refractivity contribution in [1.82, 2.24) is 0 Å². The molecular formula is C11H17ClO7. The highest BCUT2D eigenvalue weighted by Crippen LogP contribution is 1.94. The quantitative estimate of drug-likeness (QED) is 0.546. The normalized spacial score (nSPS) is 8.79. The van der Waals surface area contributed by atoms with E-state index >= 15 is 0 Å². The van der Waals surface area contributed by atoms with Gasteiger partial charge in [-0.05, 0) is 0 Å². The van der Waals surface area contributed by atoms with Crippen LogP contribution in [0, 0.1) is 0 Å². The number of ketones is 1. The number of carboxylic acid groups (broad SMARTS) is 1. The summed E-state index contributed by atoms with van der Waals surface area (Å²) in [7, 11) is 2.51. The first-order valence-corrected chi connectivity index (χ1v) is 5.83. The van der Waals surface area contributed by atoms with E-state index < -0.39 is 11.9 Å². The number of ether oxygens (including phenoxy) is 2. The number of carbonyl (C=O) groups excluding carboxylic acids is 3. The van der Waals surface area contributed by atoms with Crippen LogP contribution in [0.15, 0.2) is 0 Å². The molecule has 0 radical (unpaired) electrons. The molecule has 0 aliphatic carbocycles. The first-order valence-electron chi connectivity index (χ1n) is 5.30. The first-order chi connectivity index (χ1) is 8.87. The van der Waals surface area contributed by atoms with E-state index in [9.17, 15) is 19.2 Å². The lowest BCUT2D eigenvalue weighted by molar-refractivity contribution is -0.145. The number of rotatable bonds is 7. The number of carbonyl (C=O) groups is 4. The number of Topliss-reactive ketones (excluding diaryl/α,β-unsaturated/α-hetero) is 1. The van der Waals surface area contributed by atoms with Crippen LogP contribution in [-0.4, -0.2) is 48.9 Å². The van der Waals surface area contributed by atoms with Crippen LogP contribution in [0.2, 0.25) is 0 Å². The van der Waals surface area contributed by atoms with Gasteiger partial charge in [-0.2, -0.15) is 0 Å². The predicted octanol–water partition coefficient (Wildman–Crippen LogP) is 0.772. The Labute approximate surface area is 115 Å². The number of carboxylic acids is 1. The van der Waals surface area contributed by atoms with Crippen LogP contribution in [-0.2, 0) is 28.7 Å². The Morgan fingerprint density at radius 2 is 1.32 bits per heavy atom. The smallest absolute Gasteiger partial charge is 0.306 e. The van der Waals surface area contributed by atoms with Gasteiger partial charge in [0.1, 0.15) is 5.78 Å². The Morgan fingerprint density at radius 3 is 1.63 bits per heavy atom. The Kier molecular flexibility index (Phi) is 13.3. The van der Waals surface area contributed by atoms with Gasteiger partial charge >= 0.3 is 17.9 Å². The van der Waals surface area contributed by atoms with Crippen LogP contribution in [0.5, 0.6) is 0 Å². The molecule has 8 heteroatoms. The molecule has 0 aromatic carbocycles. The molecule has 0 saturated carbocycles. The molecule has 0 aromatic rings. The molecule has 7 nitrogen and oxygen atoms in total. The first kappa shape index (κ1) is 19.7. The van der Waals surface area contributed by atoms with Crippen molar-refractivity contribution in [2.24, 2.45) is 0 Å². The fourth-order valence-corrected chi connectivity index (χ4v) is 0.855. The van der Waals surface area contributed by atoms with Gasteiger partial charge in [-0.25, -0.2) is 0 Å². The second-order valence-electron chi connectivity index (χ2n) is 3.22. The van der Waals surface area contributed by atoms with Crippen molar-refractivity contribution < 1.29 is 33.8 Å². The highest BCUT2D eigenvalue weighted by atomic mass is 35.5. The highest BCUT2D eigenvalue weighted by molar-refractivity contribution is 6.27. The topological polar surface area (TPSA) is 107 Å². The number of alkyl halides is 1. The zero-order valence-electron chi connectivity index (χ0n) is 10.8. The van der Waals surface area contributed by atoms with E-state index in [1.54, 1.807) is 0 Å². The number of hydrogen-bond donors (Lipinski definition) is 1. The van der Waals surface area contributed by atoms with Gasteiger partial charge in [0.15, 0.2) is 0 Å². The minimum atomic E-state index is -0.986. The second-order valence-corrected chi connectivity index (χ2v) is 3.49. The standard InChI is InChI=1S/C6H9ClO3.C5H8O4/c1-10-6(9)3-2-5(8)4-7;1-9-5(8)3-2-4(6)7/h2-4H2,1H3;2-3H2,1H3,(H,6,7). The molecule has 0 atom stereocenters. The maximum Gasteiger partial charge on any atom is 0.306 e. The summed E-state index contributed by atoms with van der Waals surface area (Å²) in [4.78, 5) is 40.9. The van der Waals surface area contributed by atoms with Crippen molar-refractivity contribution in [2.75, 3.05) is 20.1 Å². The summed E-state index contributed by atoms with van der Waals surface area (Å²) in [6.45, 7) is 0. The van der Waals surface area contributed by atoms with Crippen molar-refractivity contribution in [3.63, 3.8) is 0 Å². The van der Waals surface area contributed by atoms with Crippen LogP contribution in [0.3, 0.4) is 0 Å². The van der Waals surface area contributed by atoms with Crippen molar-refractivity contribution >= 4 is 35.3 Å². The van der Waals surface area contributed by atoms with Gasteiger partial charge in [-0.1, -0.05) is 0 Å². The fourth-order valence-electron chi connectivity index (χ4n) is 0.721. The Bertz CT molecular complexity index is 298. The van der Waals surface area contributed by atoms with E-state index in [2.05, 4.69) is 9.47 Å². The molecular weight excluding hydrogens is 280 g/mol. The molecule has 0 aliphatic heterocycles. The molecule has 0 rings (SSSR count). The van der Waals surface area contributed by atoms with Crippen molar-refractivity contribution in [2.45, 2.75) is 25.7 Å². The van der Waals surface area contributed by atoms with E-state index in [1.807, 2.05) is 0 Å². The third kappa shape index (κ3) is 16.4. The monoisotopic (exact) mass is 296 g/mol. The van der Waals surface area contributed by atoms with Gasteiger partial charge in [0.2, 0.25) is 0 Å². The number of halogens is 1. The van der Waals surface area contributed by atoms with Gasteiger partial charge < -0.3 is 14.6 Å². The third-order valence-electron chi connectivity index (χ3n) is 1.76. The lowest BCUT2D eigenvalue weighted by Gasteiger charge is -1.95. The van der Waals surface area contributed by atoms with Crippen molar-refractivity contribution in [1.29, 1.82) is 0 Å². The minimum Gasteiger partial charge on any atom is -0.481 e. The summed E-state index contributed by atoms with van der Waals surface area (Å²) >= 11 is 5.18. The predicted molar refractivity (Wildman–Crippen MR) is 65.9 cm³/mol. The number of esters is 2. The molecule has 0 heterocycles. The average molecular weight is 297 g/mol. The second kappa shape index (κ2) is 12.8. The van der Waals surface area contributed by atoms with Crippen molar-refractivity contribution in [3.05, 3.63) is 0 Å². The van der Waals surface area contributed by atoms with Crippen LogP contribution in [0.1, 0.15) is 25.7 Å². The molecule has 0 spiro atoms. The SMILES string of the molecule is COC(=O)CCC(=O)CCl.COC(=O)CCC(=O)O. The lowest BCUT2D eigenvalue weighted by atomic mass is 10.2. The zero-order chi connectivity index (χ0) is 15.3. The summed E-state index contributed by atoms with van der Waals surface area (Å²) in [6, 6.07) is 0. The molecule has 0 amide bonds. The van der Waals surface area contributed by atoms with Crippen LogP contribution < -0.4 is 0 Å². The van der Waals surface area contributed by atoms with E-state index in [0.29, 0.717) is 0 Å². The molecule has 1 N–H and O–H groups in total. The number of hydrogen-bond acceptors (Lipinski definition) is 6. The van der Waals surface area contributed by atoms with Gasteiger partial charge in [0, 0.05) is 6.42 Å². The Balaban J connectivity index is 0.